The lowest BCUT2D eigenvalue weighted by molar-refractivity contribution is -0.143. The first-order valence-corrected chi connectivity index (χ1v) is 15.8. The van der Waals surface area contributed by atoms with Crippen molar-refractivity contribution in [2.75, 3.05) is 26.5 Å². The molecule has 1 aliphatic carbocycles. The zero-order valence-corrected chi connectivity index (χ0v) is 24.6. The summed E-state index contributed by atoms with van der Waals surface area (Å²) in [6.45, 7) is 1.46. The van der Waals surface area contributed by atoms with Crippen LogP contribution in [0, 0.1) is 11.7 Å². The third-order valence-electron chi connectivity index (χ3n) is 6.90. The van der Waals surface area contributed by atoms with Crippen LogP contribution in [0.2, 0.25) is 5.02 Å². The topological polar surface area (TPSA) is 127 Å². The molecule has 14 heteroatoms. The highest BCUT2D eigenvalue weighted by Gasteiger charge is 2.39. The van der Waals surface area contributed by atoms with Crippen molar-refractivity contribution in [1.29, 1.82) is 0 Å². The van der Waals surface area contributed by atoms with Gasteiger partial charge in [0, 0.05) is 33.9 Å². The van der Waals surface area contributed by atoms with E-state index >= 15 is 0 Å². The number of rotatable bonds is 9. The fourth-order valence-electron chi connectivity index (χ4n) is 5.12. The van der Waals surface area contributed by atoms with Gasteiger partial charge in [0.15, 0.2) is 10.8 Å². The summed E-state index contributed by atoms with van der Waals surface area (Å²) in [5, 5.41) is 5.80. The maximum absolute atomic E-state index is 13.9. The molecule has 4 rings (SSSR count). The molecule has 2 aliphatic rings. The van der Waals surface area contributed by atoms with E-state index < -0.39 is 39.9 Å². The minimum atomic E-state index is -3.68. The summed E-state index contributed by atoms with van der Waals surface area (Å²) in [7, 11) is -2.41. The SMILES string of the molecule is CCOC(=O)CN(C1CCC(C2=C(C(=O)OC)C(c3ccc(F)cc3Cl)N=C(c3nccs3)N2)CC1)S(C)(=O)=O. The van der Waals surface area contributed by atoms with Gasteiger partial charge in [0.1, 0.15) is 18.4 Å². The summed E-state index contributed by atoms with van der Waals surface area (Å²) in [5.41, 5.74) is 1.25. The zero-order chi connectivity index (χ0) is 29.0. The van der Waals surface area contributed by atoms with Crippen LogP contribution in [-0.4, -0.2) is 68.0 Å². The number of methoxy groups -OCH3 is 1. The third-order valence-corrected chi connectivity index (χ3v) is 9.29. The molecule has 1 aromatic carbocycles. The highest BCUT2D eigenvalue weighted by atomic mass is 35.5. The second-order valence-corrected chi connectivity index (χ2v) is 12.7. The Morgan fingerprint density at radius 1 is 1.25 bits per heavy atom. The minimum Gasteiger partial charge on any atom is -0.466 e. The lowest BCUT2D eigenvalue weighted by Crippen LogP contribution is -2.46. The van der Waals surface area contributed by atoms with E-state index in [9.17, 15) is 22.4 Å². The molecular formula is C26H30ClFN4O6S2. The number of amidine groups is 1. The van der Waals surface area contributed by atoms with Gasteiger partial charge >= 0.3 is 11.9 Å². The van der Waals surface area contributed by atoms with Gasteiger partial charge < -0.3 is 14.8 Å². The lowest BCUT2D eigenvalue weighted by atomic mass is 9.80. The highest BCUT2D eigenvalue weighted by Crippen LogP contribution is 2.41. The van der Waals surface area contributed by atoms with Crippen molar-refractivity contribution in [3.05, 3.63) is 62.5 Å². The third kappa shape index (κ3) is 6.70. The number of hydrogen-bond acceptors (Lipinski definition) is 10. The molecule has 0 spiro atoms. The second kappa shape index (κ2) is 12.8. The number of thiazole rings is 1. The molecule has 1 unspecified atom stereocenters. The summed E-state index contributed by atoms with van der Waals surface area (Å²) in [5.74, 6) is -1.50. The summed E-state index contributed by atoms with van der Waals surface area (Å²) in [6.07, 6.45) is 4.63. The Balaban J connectivity index is 1.70. The lowest BCUT2D eigenvalue weighted by Gasteiger charge is -2.38. The second-order valence-electron chi connectivity index (χ2n) is 9.45. The quantitative estimate of drug-likeness (QED) is 0.423. The highest BCUT2D eigenvalue weighted by molar-refractivity contribution is 7.88. The first-order chi connectivity index (χ1) is 19.0. The molecule has 0 bridgehead atoms. The molecule has 1 atom stereocenters. The molecule has 1 saturated carbocycles. The fourth-order valence-corrected chi connectivity index (χ4v) is 7.07. The maximum atomic E-state index is 13.9. The van der Waals surface area contributed by atoms with Gasteiger partial charge in [-0.25, -0.2) is 22.6 Å². The molecule has 1 fully saturated rings. The first kappa shape index (κ1) is 30.1. The number of nitrogens with zero attached hydrogens (tertiary/aromatic N) is 3. The predicted molar refractivity (Wildman–Crippen MR) is 149 cm³/mol. The van der Waals surface area contributed by atoms with E-state index in [0.717, 1.165) is 6.26 Å². The van der Waals surface area contributed by atoms with Crippen LogP contribution in [0.5, 0.6) is 0 Å². The smallest absolute Gasteiger partial charge is 0.338 e. The fraction of sp³-hybridized carbons (Fsp3) is 0.462. The van der Waals surface area contributed by atoms with Gasteiger partial charge in [0.2, 0.25) is 10.0 Å². The van der Waals surface area contributed by atoms with Gasteiger partial charge in [-0.15, -0.1) is 11.3 Å². The number of nitrogens with one attached hydrogen (secondary N) is 1. The monoisotopic (exact) mass is 612 g/mol. The van der Waals surface area contributed by atoms with Crippen molar-refractivity contribution in [3.8, 4) is 0 Å². The van der Waals surface area contributed by atoms with E-state index in [-0.39, 0.29) is 29.7 Å². The van der Waals surface area contributed by atoms with Gasteiger partial charge in [-0.1, -0.05) is 17.7 Å². The van der Waals surface area contributed by atoms with Crippen LogP contribution in [0.3, 0.4) is 0 Å². The van der Waals surface area contributed by atoms with Crippen molar-refractivity contribution >= 4 is 50.7 Å². The van der Waals surface area contributed by atoms with Crippen molar-refractivity contribution < 1.29 is 31.9 Å². The molecule has 0 saturated heterocycles. The molecule has 0 amide bonds. The molecule has 1 aliphatic heterocycles. The molecular weight excluding hydrogens is 583 g/mol. The number of sulfonamides is 1. The molecule has 0 radical (unpaired) electrons. The molecule has 10 nitrogen and oxygen atoms in total. The number of carbonyl (C=O) groups is 2. The van der Waals surface area contributed by atoms with Gasteiger partial charge in [-0.05, 0) is 50.7 Å². The Labute approximate surface area is 241 Å². The molecule has 2 aromatic rings. The average Bonchev–Trinajstić information content (AvgIpc) is 3.46. The van der Waals surface area contributed by atoms with E-state index in [1.165, 1.54) is 41.0 Å². The number of aromatic nitrogens is 1. The van der Waals surface area contributed by atoms with Crippen LogP contribution >= 0.6 is 22.9 Å². The number of carbonyl (C=O) groups excluding carboxylic acids is 2. The number of halogens is 2. The van der Waals surface area contributed by atoms with Crippen LogP contribution in [-0.2, 0) is 29.1 Å². The molecule has 40 heavy (non-hydrogen) atoms. The average molecular weight is 613 g/mol. The number of ether oxygens (including phenoxy) is 2. The Morgan fingerprint density at radius 2 is 1.98 bits per heavy atom. The van der Waals surface area contributed by atoms with Crippen LogP contribution in [0.4, 0.5) is 4.39 Å². The number of hydrogen-bond donors (Lipinski definition) is 1. The van der Waals surface area contributed by atoms with E-state index in [0.29, 0.717) is 47.8 Å². The summed E-state index contributed by atoms with van der Waals surface area (Å²) in [4.78, 5) is 34.4. The number of esters is 2. The number of allylic oxidation sites excluding steroid dienone is 1. The van der Waals surface area contributed by atoms with Crippen molar-refractivity contribution in [1.82, 2.24) is 14.6 Å². The van der Waals surface area contributed by atoms with Crippen molar-refractivity contribution in [2.45, 2.75) is 44.7 Å². The number of aliphatic imine (C=N–C) groups is 1. The summed E-state index contributed by atoms with van der Waals surface area (Å²) >= 11 is 7.79. The van der Waals surface area contributed by atoms with Crippen LogP contribution in [0.15, 0.2) is 46.0 Å². The van der Waals surface area contributed by atoms with Crippen LogP contribution < -0.4 is 5.32 Å². The Kier molecular flexibility index (Phi) is 9.60. The van der Waals surface area contributed by atoms with Gasteiger partial charge in [0.25, 0.3) is 0 Å². The summed E-state index contributed by atoms with van der Waals surface area (Å²) in [6, 6.07) is 2.62. The molecule has 1 aromatic heterocycles. The Hall–Kier alpha value is -2.87. The standard InChI is InChI=1S/C26H30ClFN4O6S2/c1-4-38-20(33)14-32(40(3,35)36)17-8-5-15(6-9-17)22-21(26(34)37-2)23(18-10-7-16(28)13-19(18)27)31-24(30-22)25-29-11-12-39-25/h7,10-13,15,17,23H,4-6,8-9,14H2,1-3H3,(H,30,31). The molecule has 2 heterocycles. The van der Waals surface area contributed by atoms with E-state index in [1.807, 2.05) is 0 Å². The number of benzene rings is 1. The van der Waals surface area contributed by atoms with Gasteiger partial charge in [0.05, 0.1) is 25.5 Å². The van der Waals surface area contributed by atoms with Crippen LogP contribution in [0.1, 0.15) is 49.2 Å². The summed E-state index contributed by atoms with van der Waals surface area (Å²) < 4.78 is 50.3. The predicted octanol–water partition coefficient (Wildman–Crippen LogP) is 3.84. The minimum absolute atomic E-state index is 0.112. The van der Waals surface area contributed by atoms with Gasteiger partial charge in [-0.3, -0.25) is 9.79 Å². The van der Waals surface area contributed by atoms with Crippen LogP contribution in [0.25, 0.3) is 0 Å². The van der Waals surface area contributed by atoms with Gasteiger partial charge in [-0.2, -0.15) is 4.31 Å². The van der Waals surface area contributed by atoms with E-state index in [2.05, 4.69) is 10.3 Å². The van der Waals surface area contributed by atoms with E-state index in [1.54, 1.807) is 18.5 Å². The van der Waals surface area contributed by atoms with E-state index in [4.69, 9.17) is 26.1 Å². The first-order valence-electron chi connectivity index (χ1n) is 12.7. The normalized spacial score (nSPS) is 21.6. The Bertz CT molecular complexity index is 1420. The largest absolute Gasteiger partial charge is 0.466 e. The maximum Gasteiger partial charge on any atom is 0.338 e. The Morgan fingerprint density at radius 3 is 2.55 bits per heavy atom. The van der Waals surface area contributed by atoms with Crippen molar-refractivity contribution in [3.63, 3.8) is 0 Å². The molecule has 216 valence electrons. The zero-order valence-electron chi connectivity index (χ0n) is 22.2. The van der Waals surface area contributed by atoms with Crippen molar-refractivity contribution in [2.24, 2.45) is 10.9 Å². The molecule has 1 N–H and O–H groups in total.